The molecule has 2 aliphatic rings. The number of nitrogens with zero attached hydrogens (tertiary/aromatic N) is 6. The van der Waals surface area contributed by atoms with Gasteiger partial charge in [-0.2, -0.15) is 0 Å². The van der Waals surface area contributed by atoms with E-state index in [1.165, 1.54) is 16.7 Å². The first-order valence-electron chi connectivity index (χ1n) is 14.4. The summed E-state index contributed by atoms with van der Waals surface area (Å²) in [7, 11) is 2.15. The van der Waals surface area contributed by atoms with E-state index in [9.17, 15) is 4.79 Å². The number of piperidine rings is 1. The summed E-state index contributed by atoms with van der Waals surface area (Å²) in [6, 6.07) is 12.9. The molecule has 2 aromatic carbocycles. The van der Waals surface area contributed by atoms with Crippen molar-refractivity contribution in [2.75, 3.05) is 46.3 Å². The predicted molar refractivity (Wildman–Crippen MR) is 163 cm³/mol. The van der Waals surface area contributed by atoms with Gasteiger partial charge in [-0.25, -0.2) is 8.78 Å². The number of piperazine rings is 1. The van der Waals surface area contributed by atoms with Crippen LogP contribution in [0.4, 0.5) is 8.78 Å². The van der Waals surface area contributed by atoms with Gasteiger partial charge in [-0.3, -0.25) is 19.3 Å². The molecule has 1 unspecified atom stereocenters. The van der Waals surface area contributed by atoms with E-state index in [0.29, 0.717) is 10.6 Å². The number of alkyl halides is 2. The summed E-state index contributed by atoms with van der Waals surface area (Å²) in [5.74, 6) is -4.34. The third-order valence-corrected chi connectivity index (χ3v) is 9.85. The molecule has 1 aromatic heterocycles. The van der Waals surface area contributed by atoms with Crippen molar-refractivity contribution >= 4 is 29.3 Å². The van der Waals surface area contributed by atoms with Crippen LogP contribution in [0.5, 0.6) is 0 Å². The fourth-order valence-electron chi connectivity index (χ4n) is 5.66. The molecule has 5 rings (SSSR count). The van der Waals surface area contributed by atoms with E-state index in [1.807, 2.05) is 31.2 Å². The second-order valence-corrected chi connectivity index (χ2v) is 13.8. The van der Waals surface area contributed by atoms with Crippen molar-refractivity contribution in [3.05, 3.63) is 70.5 Å². The third-order valence-electron chi connectivity index (χ3n) is 8.51. The standard InChI is InChI=1S/C31H39ClF2N6OS/c1-22-5-10-28(42-26-8-6-24(32)7-9-26)27(17-22)29(41)39-14-11-23(31(33,34)21-39)18-40-19-25(35-36-40)12-13-38-16-15-37(4)30(2,3)20-38/h5-10,17,19,23H,11-16,18,20-21H2,1-4H3. The maximum atomic E-state index is 15.5. The lowest BCUT2D eigenvalue weighted by Crippen LogP contribution is -2.57. The highest BCUT2D eigenvalue weighted by Gasteiger charge is 2.46. The number of halogens is 3. The number of carbonyl (C=O) groups is 1. The van der Waals surface area contributed by atoms with Crippen LogP contribution >= 0.6 is 23.4 Å². The van der Waals surface area contributed by atoms with Crippen molar-refractivity contribution in [1.29, 1.82) is 0 Å². The number of aromatic nitrogens is 3. The summed E-state index contributed by atoms with van der Waals surface area (Å²) in [6.45, 7) is 9.97. The minimum absolute atomic E-state index is 0.0751. The Morgan fingerprint density at radius 1 is 1.10 bits per heavy atom. The van der Waals surface area contributed by atoms with Crippen LogP contribution in [0.2, 0.25) is 5.02 Å². The van der Waals surface area contributed by atoms with Crippen LogP contribution in [0.15, 0.2) is 58.5 Å². The van der Waals surface area contributed by atoms with Gasteiger partial charge < -0.3 is 4.90 Å². The van der Waals surface area contributed by atoms with Gasteiger partial charge in [0.05, 0.1) is 24.3 Å². The van der Waals surface area contributed by atoms with Gasteiger partial charge in [0.2, 0.25) is 0 Å². The lowest BCUT2D eigenvalue weighted by molar-refractivity contribution is -0.108. The SMILES string of the molecule is Cc1ccc(Sc2ccc(Cl)cc2)c(C(=O)N2CCC(Cn3cc(CCN4CCN(C)C(C)(C)C4)nn3)C(F)(F)C2)c1. The Morgan fingerprint density at radius 2 is 1.86 bits per heavy atom. The Kier molecular flexibility index (Phi) is 9.27. The van der Waals surface area contributed by atoms with Crippen molar-refractivity contribution in [3.8, 4) is 0 Å². The summed E-state index contributed by atoms with van der Waals surface area (Å²) in [6.07, 6.45) is 2.72. The normalized spacial score (nSPS) is 21.0. The van der Waals surface area contributed by atoms with E-state index in [4.69, 9.17) is 11.6 Å². The van der Waals surface area contributed by atoms with Gasteiger partial charge in [-0.15, -0.1) is 5.10 Å². The highest BCUT2D eigenvalue weighted by atomic mass is 35.5. The number of amides is 1. The van der Waals surface area contributed by atoms with Crippen LogP contribution in [-0.4, -0.2) is 93.4 Å². The average Bonchev–Trinajstić information content (AvgIpc) is 3.39. The molecule has 0 radical (unpaired) electrons. The van der Waals surface area contributed by atoms with Crippen LogP contribution in [0.1, 0.15) is 41.9 Å². The van der Waals surface area contributed by atoms with Gasteiger partial charge in [0.25, 0.3) is 11.8 Å². The van der Waals surface area contributed by atoms with E-state index in [0.717, 1.165) is 53.6 Å². The zero-order valence-corrected chi connectivity index (χ0v) is 26.3. The molecule has 11 heteroatoms. The predicted octanol–water partition coefficient (Wildman–Crippen LogP) is 5.76. The quantitative estimate of drug-likeness (QED) is 0.321. The van der Waals surface area contributed by atoms with Gasteiger partial charge in [0.1, 0.15) is 0 Å². The first-order valence-corrected chi connectivity index (χ1v) is 15.6. The van der Waals surface area contributed by atoms with Gasteiger partial charge >= 0.3 is 0 Å². The van der Waals surface area contributed by atoms with E-state index < -0.39 is 18.4 Å². The van der Waals surface area contributed by atoms with Crippen molar-refractivity contribution in [2.24, 2.45) is 5.92 Å². The number of likely N-dealkylation sites (N-methyl/N-ethyl adjacent to an activating group) is 1. The zero-order chi connectivity index (χ0) is 30.1. The molecule has 2 aliphatic heterocycles. The molecule has 1 amide bonds. The van der Waals surface area contributed by atoms with Gasteiger partial charge in [0, 0.05) is 71.6 Å². The molecule has 2 fully saturated rings. The van der Waals surface area contributed by atoms with E-state index in [1.54, 1.807) is 29.1 Å². The largest absolute Gasteiger partial charge is 0.333 e. The fraction of sp³-hybridized carbons (Fsp3) is 0.516. The Labute approximate surface area is 256 Å². The molecule has 3 aromatic rings. The van der Waals surface area contributed by atoms with Crippen LogP contribution < -0.4 is 0 Å². The summed E-state index contributed by atoms with van der Waals surface area (Å²) >= 11 is 7.44. The van der Waals surface area contributed by atoms with E-state index >= 15 is 8.78 Å². The lowest BCUT2D eigenvalue weighted by Gasteiger charge is -2.45. The highest BCUT2D eigenvalue weighted by Crippen LogP contribution is 2.37. The van der Waals surface area contributed by atoms with Crippen LogP contribution in [-0.2, 0) is 13.0 Å². The molecule has 226 valence electrons. The van der Waals surface area contributed by atoms with Gasteiger partial charge in [-0.05, 0) is 70.6 Å². The fourth-order valence-corrected chi connectivity index (χ4v) is 6.70. The number of likely N-dealkylation sites (tertiary alicyclic amines) is 1. The van der Waals surface area contributed by atoms with Crippen molar-refractivity contribution in [2.45, 2.75) is 61.4 Å². The monoisotopic (exact) mass is 616 g/mol. The van der Waals surface area contributed by atoms with Crippen molar-refractivity contribution in [1.82, 2.24) is 29.7 Å². The average molecular weight is 617 g/mol. The van der Waals surface area contributed by atoms with E-state index in [-0.39, 0.29) is 31.0 Å². The molecular weight excluding hydrogens is 578 g/mol. The summed E-state index contributed by atoms with van der Waals surface area (Å²) < 4.78 is 32.5. The third kappa shape index (κ3) is 7.33. The first kappa shape index (κ1) is 30.9. The maximum Gasteiger partial charge on any atom is 0.269 e. The molecule has 0 saturated carbocycles. The first-order chi connectivity index (χ1) is 19.9. The van der Waals surface area contributed by atoms with E-state index in [2.05, 4.69) is 41.0 Å². The Hall–Kier alpha value is -2.53. The number of benzene rings is 2. The van der Waals surface area contributed by atoms with Crippen LogP contribution in [0, 0.1) is 12.8 Å². The number of rotatable bonds is 8. The topological polar surface area (TPSA) is 57.5 Å². The molecule has 0 bridgehead atoms. The van der Waals surface area contributed by atoms with Crippen molar-refractivity contribution in [3.63, 3.8) is 0 Å². The van der Waals surface area contributed by atoms with Gasteiger partial charge in [0.15, 0.2) is 0 Å². The molecule has 42 heavy (non-hydrogen) atoms. The molecule has 0 spiro atoms. The number of carbonyl (C=O) groups excluding carboxylic acids is 1. The molecule has 0 aliphatic carbocycles. The second-order valence-electron chi connectivity index (χ2n) is 12.2. The highest BCUT2D eigenvalue weighted by molar-refractivity contribution is 7.99. The molecule has 1 atom stereocenters. The lowest BCUT2D eigenvalue weighted by atomic mass is 9.92. The maximum absolute atomic E-state index is 15.5. The van der Waals surface area contributed by atoms with Gasteiger partial charge in [-0.1, -0.05) is 40.2 Å². The Bertz CT molecular complexity index is 1400. The minimum Gasteiger partial charge on any atom is -0.333 e. The minimum atomic E-state index is -3.04. The Morgan fingerprint density at radius 3 is 2.57 bits per heavy atom. The van der Waals surface area contributed by atoms with Crippen molar-refractivity contribution < 1.29 is 13.6 Å². The summed E-state index contributed by atoms with van der Waals surface area (Å²) in [5.41, 5.74) is 2.27. The molecule has 2 saturated heterocycles. The number of hydrogen-bond donors (Lipinski definition) is 0. The second kappa shape index (κ2) is 12.6. The summed E-state index contributed by atoms with van der Waals surface area (Å²) in [4.78, 5) is 21.3. The number of hydrogen-bond acceptors (Lipinski definition) is 6. The van der Waals surface area contributed by atoms with Crippen LogP contribution in [0.25, 0.3) is 0 Å². The number of aryl methyl sites for hydroxylation is 1. The molecule has 3 heterocycles. The molecular formula is C31H39ClF2N6OS. The summed E-state index contributed by atoms with van der Waals surface area (Å²) in [5, 5.41) is 9.05. The smallest absolute Gasteiger partial charge is 0.269 e. The molecule has 0 N–H and O–H groups in total. The van der Waals surface area contributed by atoms with Crippen LogP contribution in [0.3, 0.4) is 0 Å². The zero-order valence-electron chi connectivity index (χ0n) is 24.7. The molecule has 7 nitrogen and oxygen atoms in total. The Balaban J connectivity index is 1.19.